The Labute approximate surface area is 314 Å². The summed E-state index contributed by atoms with van der Waals surface area (Å²) in [6.45, 7) is 9.26. The van der Waals surface area contributed by atoms with E-state index in [1.165, 1.54) is 97.7 Å². The molecule has 3 nitrogen and oxygen atoms in total. The summed E-state index contributed by atoms with van der Waals surface area (Å²) in [5.74, 6) is 1.74. The normalized spacial score (nSPS) is 13.2. The van der Waals surface area contributed by atoms with Crippen LogP contribution in [0.5, 0.6) is 5.75 Å². The van der Waals surface area contributed by atoms with Crippen molar-refractivity contribution in [3.8, 4) is 46.4 Å². The minimum Gasteiger partial charge on any atom is -0.506 e. The average Bonchev–Trinajstić information content (AvgIpc) is 3.95. The second kappa shape index (κ2) is 15.9. The van der Waals surface area contributed by atoms with Gasteiger partial charge in [-0.2, -0.15) is 0 Å². The van der Waals surface area contributed by atoms with Gasteiger partial charge in [0.1, 0.15) is 20.6 Å². The van der Waals surface area contributed by atoms with E-state index < -0.39 is 0 Å². The van der Waals surface area contributed by atoms with Crippen LogP contribution >= 0.6 is 68.0 Å². The molecular weight excluding hydrogens is 717 g/mol. The van der Waals surface area contributed by atoms with Crippen LogP contribution in [0.25, 0.3) is 61.1 Å². The third-order valence-corrected chi connectivity index (χ3v) is 15.9. The molecule has 6 heterocycles. The van der Waals surface area contributed by atoms with Crippen molar-refractivity contribution < 1.29 is 5.11 Å². The van der Waals surface area contributed by atoms with E-state index in [2.05, 4.69) is 68.1 Å². The van der Waals surface area contributed by atoms with Crippen molar-refractivity contribution in [1.29, 1.82) is 0 Å². The zero-order chi connectivity index (χ0) is 33.9. The summed E-state index contributed by atoms with van der Waals surface area (Å²) in [5, 5.41) is 21.6. The Balaban J connectivity index is 1.42. The molecule has 0 saturated heterocycles. The molecular formula is C40H44N2OS6. The van der Waals surface area contributed by atoms with Gasteiger partial charge in [-0.3, -0.25) is 0 Å². The highest BCUT2D eigenvalue weighted by Gasteiger charge is 2.27. The van der Waals surface area contributed by atoms with Crippen LogP contribution in [0, 0.1) is 11.8 Å². The number of thiazole rings is 2. The average molecular weight is 761 g/mol. The van der Waals surface area contributed by atoms with Crippen molar-refractivity contribution >= 4 is 88.5 Å². The predicted octanol–water partition coefficient (Wildman–Crippen LogP) is 15.0. The molecule has 6 aromatic heterocycles. The molecule has 1 aromatic carbocycles. The summed E-state index contributed by atoms with van der Waals surface area (Å²) in [6.07, 6.45) is 12.4. The molecule has 0 amide bonds. The third kappa shape index (κ3) is 7.35. The van der Waals surface area contributed by atoms with E-state index in [0.29, 0.717) is 17.6 Å². The molecule has 0 bridgehead atoms. The molecule has 0 radical (unpaired) electrons. The lowest BCUT2D eigenvalue weighted by molar-refractivity contribution is 0.449. The lowest BCUT2D eigenvalue weighted by atomic mass is 9.92. The Kier molecular flexibility index (Phi) is 11.3. The molecule has 0 aliphatic rings. The summed E-state index contributed by atoms with van der Waals surface area (Å²) in [5.41, 5.74) is 7.38. The minimum absolute atomic E-state index is 0.305. The summed E-state index contributed by atoms with van der Waals surface area (Å²) in [6, 6.07) is 11.0. The van der Waals surface area contributed by atoms with E-state index in [1.54, 1.807) is 40.1 Å². The van der Waals surface area contributed by atoms with E-state index in [0.717, 1.165) is 38.8 Å². The number of benzene rings is 1. The van der Waals surface area contributed by atoms with Gasteiger partial charge in [0.25, 0.3) is 0 Å². The maximum absolute atomic E-state index is 10.8. The van der Waals surface area contributed by atoms with Crippen LogP contribution in [0.15, 0.2) is 51.9 Å². The summed E-state index contributed by atoms with van der Waals surface area (Å²) in [4.78, 5) is 15.4. The number of hydrogen-bond acceptors (Lipinski definition) is 9. The maximum atomic E-state index is 10.8. The Morgan fingerprint density at radius 3 is 1.71 bits per heavy atom. The van der Waals surface area contributed by atoms with E-state index in [4.69, 9.17) is 9.97 Å². The van der Waals surface area contributed by atoms with Gasteiger partial charge in [-0.25, -0.2) is 9.97 Å². The van der Waals surface area contributed by atoms with Crippen LogP contribution in [0.2, 0.25) is 0 Å². The van der Waals surface area contributed by atoms with Crippen LogP contribution in [0.3, 0.4) is 0 Å². The number of rotatable bonds is 16. The quantitative estimate of drug-likeness (QED) is 0.107. The highest BCUT2D eigenvalue weighted by molar-refractivity contribution is 7.28. The van der Waals surface area contributed by atoms with Crippen molar-refractivity contribution in [2.24, 2.45) is 11.8 Å². The lowest BCUT2D eigenvalue weighted by Crippen LogP contribution is -2.02. The van der Waals surface area contributed by atoms with Crippen molar-refractivity contribution in [2.45, 2.75) is 91.9 Å². The number of thiophene rings is 4. The molecule has 2 atom stereocenters. The van der Waals surface area contributed by atoms with Crippen LogP contribution < -0.4 is 0 Å². The first-order valence-electron chi connectivity index (χ1n) is 17.7. The van der Waals surface area contributed by atoms with E-state index in [-0.39, 0.29) is 0 Å². The smallest absolute Gasteiger partial charge is 0.138 e. The molecule has 2 unspecified atom stereocenters. The molecule has 0 aliphatic carbocycles. The van der Waals surface area contributed by atoms with Crippen molar-refractivity contribution in [3.63, 3.8) is 0 Å². The highest BCUT2D eigenvalue weighted by Crippen LogP contribution is 2.53. The topological polar surface area (TPSA) is 46.0 Å². The molecule has 0 saturated carbocycles. The van der Waals surface area contributed by atoms with Crippen molar-refractivity contribution in [2.75, 3.05) is 0 Å². The first kappa shape index (κ1) is 35.0. The highest BCUT2D eigenvalue weighted by atomic mass is 32.1. The molecule has 7 aromatic rings. The van der Waals surface area contributed by atoms with Crippen LogP contribution in [-0.4, -0.2) is 15.1 Å². The fraction of sp³-hybridized carbons (Fsp3) is 0.400. The second-order valence-electron chi connectivity index (χ2n) is 13.1. The van der Waals surface area contributed by atoms with Crippen molar-refractivity contribution in [1.82, 2.24) is 9.97 Å². The van der Waals surface area contributed by atoms with Gasteiger partial charge < -0.3 is 5.11 Å². The minimum atomic E-state index is 0.305. The van der Waals surface area contributed by atoms with Crippen LogP contribution in [0.4, 0.5) is 0 Å². The Hall–Kier alpha value is -2.40. The predicted molar refractivity (Wildman–Crippen MR) is 222 cm³/mol. The largest absolute Gasteiger partial charge is 0.506 e. The Morgan fingerprint density at radius 2 is 1.22 bits per heavy atom. The van der Waals surface area contributed by atoms with Gasteiger partial charge in [0.2, 0.25) is 0 Å². The number of unbranched alkanes of at least 4 members (excludes halogenated alkanes) is 2. The summed E-state index contributed by atoms with van der Waals surface area (Å²) in [7, 11) is 0. The molecule has 0 spiro atoms. The van der Waals surface area contributed by atoms with Gasteiger partial charge in [-0.15, -0.1) is 68.0 Å². The molecule has 0 fully saturated rings. The van der Waals surface area contributed by atoms with Crippen LogP contribution in [-0.2, 0) is 12.8 Å². The Bertz CT molecular complexity index is 2010. The van der Waals surface area contributed by atoms with E-state index in [9.17, 15) is 5.11 Å². The van der Waals surface area contributed by atoms with Gasteiger partial charge in [-0.05, 0) is 81.6 Å². The second-order valence-corrected chi connectivity index (χ2v) is 18.8. The fourth-order valence-corrected chi connectivity index (χ4v) is 12.9. The van der Waals surface area contributed by atoms with Gasteiger partial charge in [0.05, 0.1) is 25.3 Å². The number of nitrogens with zero attached hydrogens (tertiary/aromatic N) is 2. The van der Waals surface area contributed by atoms with Crippen molar-refractivity contribution in [3.05, 3.63) is 63.0 Å². The fourth-order valence-electron chi connectivity index (χ4n) is 6.84. The lowest BCUT2D eigenvalue weighted by Gasteiger charge is -2.13. The SMILES string of the molecule is CCCCC(CC)Cc1csc(-c2c3nc(-c4sccc4O)sc3c(-c3cc(CC(CC)CCCC)cs3)c3nc(-c4cccs4)sc23)c1. The molecule has 256 valence electrons. The molecule has 49 heavy (non-hydrogen) atoms. The molecule has 9 heteroatoms. The number of fused-ring (bicyclic) bond motifs is 2. The third-order valence-electron chi connectivity index (χ3n) is 9.69. The first-order chi connectivity index (χ1) is 24.0. The van der Waals surface area contributed by atoms with Gasteiger partial charge in [-0.1, -0.05) is 85.1 Å². The number of hydrogen-bond donors (Lipinski definition) is 1. The van der Waals surface area contributed by atoms with Gasteiger partial charge >= 0.3 is 0 Å². The van der Waals surface area contributed by atoms with Crippen LogP contribution in [0.1, 0.15) is 90.2 Å². The standard InChI is InChI=1S/C40H44N2OS6/c1-5-9-12-24(7-3)18-26-20-30(46-22-26)32-34-37(48-39(41-34)29-14-11-16-44-29)33(31-21-27(23-47-31)19-25(8-4)13-10-6-2)35-38(32)49-40(42-35)36-28(43)15-17-45-36/h11,14-17,20-25,43H,5-10,12-13,18-19H2,1-4H3. The Morgan fingerprint density at radius 1 is 0.653 bits per heavy atom. The van der Waals surface area contributed by atoms with E-state index >= 15 is 0 Å². The molecule has 7 rings (SSSR count). The molecule has 1 N–H and O–H groups in total. The monoisotopic (exact) mass is 760 g/mol. The summed E-state index contributed by atoms with van der Waals surface area (Å²) >= 11 is 10.5. The van der Waals surface area contributed by atoms with Gasteiger partial charge in [0, 0.05) is 20.9 Å². The maximum Gasteiger partial charge on any atom is 0.138 e. The number of aromatic nitrogens is 2. The van der Waals surface area contributed by atoms with Gasteiger partial charge in [0.15, 0.2) is 0 Å². The zero-order valence-electron chi connectivity index (χ0n) is 28.7. The number of aromatic hydroxyl groups is 1. The van der Waals surface area contributed by atoms with E-state index in [1.807, 2.05) is 39.4 Å². The zero-order valence-corrected chi connectivity index (χ0v) is 33.6. The molecule has 0 aliphatic heterocycles. The first-order valence-corrected chi connectivity index (χ1v) is 22.9. The summed E-state index contributed by atoms with van der Waals surface area (Å²) < 4.78 is 2.39.